The maximum Gasteiger partial charge on any atom is 0.0817 e. The fraction of sp³-hybridized carbons (Fsp3) is 0. The minimum absolute atomic E-state index is 0.970. The van der Waals surface area contributed by atoms with Crippen molar-refractivity contribution in [1.82, 2.24) is 0 Å². The van der Waals surface area contributed by atoms with Crippen LogP contribution in [-0.4, -0.2) is 0 Å². The normalized spacial score (nSPS) is 12.1. The largest absolute Gasteiger partial charge is 0.248 e. The van der Waals surface area contributed by atoms with Crippen molar-refractivity contribution in [3.63, 3.8) is 0 Å². The summed E-state index contributed by atoms with van der Waals surface area (Å²) in [5.74, 6) is 0. The molecule has 0 atom stereocenters. The average molecular weight is 609 g/mol. The topological polar surface area (TPSA) is 24.7 Å². The van der Waals surface area contributed by atoms with Gasteiger partial charge in [-0.15, -0.1) is 0 Å². The highest BCUT2D eigenvalue weighted by Gasteiger charge is 2.29. The van der Waals surface area contributed by atoms with Gasteiger partial charge < -0.3 is 0 Å². The molecule has 8 aromatic rings. The van der Waals surface area contributed by atoms with Crippen molar-refractivity contribution in [1.29, 1.82) is 0 Å². The SMILES string of the molecule is c1ccc(-c2ccccc2-c2c(-c3c(-c4ccccc4)ccc4ccccc34)ccc3c2-c2c4c(ccc2=N3)=c2ccccc2=N4)cc1. The first kappa shape index (κ1) is 26.8. The second-order valence-corrected chi connectivity index (χ2v) is 12.5. The zero-order valence-electron chi connectivity index (χ0n) is 26.1. The highest BCUT2D eigenvalue weighted by atomic mass is 14.8. The van der Waals surface area contributed by atoms with E-state index >= 15 is 0 Å². The summed E-state index contributed by atoms with van der Waals surface area (Å²) < 4.78 is 0. The lowest BCUT2D eigenvalue weighted by Gasteiger charge is -2.22. The van der Waals surface area contributed by atoms with E-state index in [1.165, 1.54) is 60.5 Å². The van der Waals surface area contributed by atoms with E-state index in [2.05, 4.69) is 170 Å². The van der Waals surface area contributed by atoms with Gasteiger partial charge in [0.05, 0.1) is 22.1 Å². The van der Waals surface area contributed by atoms with Crippen LogP contribution in [0.5, 0.6) is 0 Å². The van der Waals surface area contributed by atoms with Crippen molar-refractivity contribution in [2.45, 2.75) is 0 Å². The molecule has 222 valence electrons. The number of benzene rings is 8. The number of rotatable bonds is 4. The lowest BCUT2D eigenvalue weighted by atomic mass is 9.80. The molecule has 0 amide bonds. The lowest BCUT2D eigenvalue weighted by Crippen LogP contribution is -2.02. The molecule has 0 saturated heterocycles. The Balaban J connectivity index is 1.39. The number of nitrogens with zero attached hydrogens (tertiary/aromatic N) is 2. The molecule has 10 rings (SSSR count). The van der Waals surface area contributed by atoms with Crippen molar-refractivity contribution in [3.05, 3.63) is 191 Å². The maximum atomic E-state index is 5.26. The van der Waals surface area contributed by atoms with E-state index in [1.54, 1.807) is 0 Å². The second-order valence-electron chi connectivity index (χ2n) is 12.5. The minimum Gasteiger partial charge on any atom is -0.248 e. The molecular formula is C46H28N2. The van der Waals surface area contributed by atoms with Crippen LogP contribution in [-0.2, 0) is 0 Å². The molecule has 0 radical (unpaired) electrons. The highest BCUT2D eigenvalue weighted by Crippen LogP contribution is 2.53. The predicted octanol–water partition coefficient (Wildman–Crippen LogP) is 11.0. The highest BCUT2D eigenvalue weighted by molar-refractivity contribution is 6.13. The summed E-state index contributed by atoms with van der Waals surface area (Å²) in [6.07, 6.45) is 0. The Labute approximate surface area is 278 Å². The molecule has 2 aliphatic heterocycles. The molecule has 2 aliphatic rings. The van der Waals surface area contributed by atoms with Crippen LogP contribution in [0, 0.1) is 10.4 Å². The smallest absolute Gasteiger partial charge is 0.0817 e. The fourth-order valence-corrected chi connectivity index (χ4v) is 7.72. The third kappa shape index (κ3) is 4.00. The summed E-state index contributed by atoms with van der Waals surface area (Å²) >= 11 is 0. The zero-order chi connectivity index (χ0) is 31.6. The summed E-state index contributed by atoms with van der Waals surface area (Å²) in [6.45, 7) is 0. The predicted molar refractivity (Wildman–Crippen MR) is 197 cm³/mol. The number of hydrogen-bond donors (Lipinski definition) is 0. The fourth-order valence-electron chi connectivity index (χ4n) is 7.72. The third-order valence-electron chi connectivity index (χ3n) is 9.82. The molecule has 0 fully saturated rings. The van der Waals surface area contributed by atoms with Crippen LogP contribution in [0.15, 0.2) is 180 Å². The van der Waals surface area contributed by atoms with E-state index in [-0.39, 0.29) is 0 Å². The van der Waals surface area contributed by atoms with E-state index in [1.807, 2.05) is 0 Å². The quantitative estimate of drug-likeness (QED) is 0.190. The molecule has 8 aromatic carbocycles. The number of para-hydroxylation sites is 1. The molecule has 0 aliphatic carbocycles. The van der Waals surface area contributed by atoms with Gasteiger partial charge in [0.25, 0.3) is 0 Å². The Bertz CT molecular complexity index is 2820. The molecule has 0 bridgehead atoms. The molecule has 0 aromatic heterocycles. The van der Waals surface area contributed by atoms with Crippen LogP contribution in [0.2, 0.25) is 0 Å². The van der Waals surface area contributed by atoms with Gasteiger partial charge in [0, 0.05) is 27.1 Å². The summed E-state index contributed by atoms with van der Waals surface area (Å²) in [6, 6.07) is 60.9. The maximum absolute atomic E-state index is 5.26. The molecule has 48 heavy (non-hydrogen) atoms. The zero-order valence-corrected chi connectivity index (χ0v) is 26.1. The van der Waals surface area contributed by atoms with Gasteiger partial charge in [-0.05, 0) is 74.0 Å². The standard InChI is InChI=1S/C46H28N2/c1-3-13-29(14-4-1)32-18-9-10-21-36(32)43-38(42-33-19-8-7-17-31(33)23-24-34(42)30-15-5-2-6-16-30)26-28-40-44(43)45-41(47-40)27-25-37-35-20-11-12-22-39(35)48-46(37)45/h1-28H. The van der Waals surface area contributed by atoms with Gasteiger partial charge in [0.15, 0.2) is 0 Å². The van der Waals surface area contributed by atoms with Crippen molar-refractivity contribution >= 4 is 22.1 Å². The lowest BCUT2D eigenvalue weighted by molar-refractivity contribution is 1.36. The van der Waals surface area contributed by atoms with Gasteiger partial charge in [0.2, 0.25) is 0 Å². The Morgan fingerprint density at radius 2 is 0.979 bits per heavy atom. The summed E-state index contributed by atoms with van der Waals surface area (Å²) in [4.78, 5) is 10.5. The van der Waals surface area contributed by atoms with E-state index in [0.717, 1.165) is 38.4 Å². The Hall–Kier alpha value is -6.38. The second kappa shape index (κ2) is 10.6. The summed E-state index contributed by atoms with van der Waals surface area (Å²) in [5, 5.41) is 6.75. The Morgan fingerprint density at radius 3 is 1.81 bits per heavy atom. The monoisotopic (exact) mass is 608 g/mol. The first-order valence-electron chi connectivity index (χ1n) is 16.4. The van der Waals surface area contributed by atoms with Crippen LogP contribution < -0.4 is 10.7 Å². The van der Waals surface area contributed by atoms with E-state index < -0.39 is 0 Å². The molecule has 0 saturated carbocycles. The van der Waals surface area contributed by atoms with Crippen molar-refractivity contribution in [3.8, 4) is 55.6 Å². The van der Waals surface area contributed by atoms with Gasteiger partial charge >= 0.3 is 0 Å². The van der Waals surface area contributed by atoms with Crippen LogP contribution in [0.4, 0.5) is 11.4 Å². The summed E-state index contributed by atoms with van der Waals surface area (Å²) in [7, 11) is 0. The molecule has 0 unspecified atom stereocenters. The number of hydrogen-bond acceptors (Lipinski definition) is 2. The van der Waals surface area contributed by atoms with Crippen LogP contribution >= 0.6 is 0 Å². The van der Waals surface area contributed by atoms with Gasteiger partial charge in [0.1, 0.15) is 0 Å². The van der Waals surface area contributed by atoms with E-state index in [4.69, 9.17) is 9.98 Å². The van der Waals surface area contributed by atoms with Gasteiger partial charge in [-0.1, -0.05) is 146 Å². The van der Waals surface area contributed by atoms with E-state index in [0.29, 0.717) is 0 Å². The van der Waals surface area contributed by atoms with Crippen LogP contribution in [0.3, 0.4) is 0 Å². The van der Waals surface area contributed by atoms with Crippen LogP contribution in [0.1, 0.15) is 0 Å². The van der Waals surface area contributed by atoms with Gasteiger partial charge in [-0.25, -0.2) is 9.98 Å². The van der Waals surface area contributed by atoms with Crippen molar-refractivity contribution in [2.75, 3.05) is 0 Å². The first-order valence-corrected chi connectivity index (χ1v) is 16.4. The Kier molecular flexibility index (Phi) is 5.91. The average Bonchev–Trinajstić information content (AvgIpc) is 3.73. The molecule has 0 N–H and O–H groups in total. The Morgan fingerprint density at radius 1 is 0.312 bits per heavy atom. The van der Waals surface area contributed by atoms with Gasteiger partial charge in [-0.3, -0.25) is 0 Å². The van der Waals surface area contributed by atoms with Crippen LogP contribution in [0.25, 0.3) is 66.4 Å². The third-order valence-corrected chi connectivity index (χ3v) is 9.82. The van der Waals surface area contributed by atoms with Gasteiger partial charge in [-0.2, -0.15) is 0 Å². The molecular weight excluding hydrogens is 581 g/mol. The molecule has 2 heterocycles. The van der Waals surface area contributed by atoms with E-state index in [9.17, 15) is 0 Å². The molecule has 2 nitrogen and oxygen atoms in total. The van der Waals surface area contributed by atoms with Crippen molar-refractivity contribution < 1.29 is 0 Å². The molecule has 0 spiro atoms. The minimum atomic E-state index is 0.970. The number of fused-ring (bicyclic) bond motifs is 7. The van der Waals surface area contributed by atoms with Crippen molar-refractivity contribution in [2.24, 2.45) is 9.98 Å². The first-order chi connectivity index (χ1) is 23.8. The summed E-state index contributed by atoms with van der Waals surface area (Å²) in [5.41, 5.74) is 13.8. The molecule has 2 heteroatoms.